The highest BCUT2D eigenvalue weighted by atomic mass is 35.5. The molecular weight excluding hydrogens is 446 g/mol. The van der Waals surface area contributed by atoms with E-state index in [2.05, 4.69) is 15.3 Å². The molecule has 0 fully saturated rings. The van der Waals surface area contributed by atoms with E-state index in [4.69, 9.17) is 21.6 Å². The van der Waals surface area contributed by atoms with Crippen LogP contribution in [0.3, 0.4) is 0 Å². The first-order valence-corrected chi connectivity index (χ1v) is 11.5. The van der Waals surface area contributed by atoms with Crippen molar-refractivity contribution in [3.05, 3.63) is 99.8 Å². The molecule has 0 saturated carbocycles. The fourth-order valence-corrected chi connectivity index (χ4v) is 4.12. The summed E-state index contributed by atoms with van der Waals surface area (Å²) in [5.74, 6) is 0.620. The minimum absolute atomic E-state index is 0.172. The quantitative estimate of drug-likeness (QED) is 0.302. The van der Waals surface area contributed by atoms with Crippen LogP contribution in [-0.2, 0) is 6.42 Å². The number of hydrogen-bond acceptors (Lipinski definition) is 5. The number of nitrogens with one attached hydrogen (secondary N) is 2. The summed E-state index contributed by atoms with van der Waals surface area (Å²) < 4.78 is 0. The van der Waals surface area contributed by atoms with Gasteiger partial charge in [0.05, 0.1) is 16.9 Å². The highest BCUT2D eigenvalue weighted by molar-refractivity contribution is 6.31. The van der Waals surface area contributed by atoms with E-state index in [1.165, 1.54) is 0 Å². The fraction of sp³-hybridized carbons (Fsp3) is 0.111. The summed E-state index contributed by atoms with van der Waals surface area (Å²) >= 11 is 6.26. The van der Waals surface area contributed by atoms with Crippen LogP contribution in [0.15, 0.2) is 83.7 Å². The van der Waals surface area contributed by atoms with E-state index in [0.29, 0.717) is 28.6 Å². The van der Waals surface area contributed by atoms with Crippen LogP contribution in [0.1, 0.15) is 18.9 Å². The lowest BCUT2D eigenvalue weighted by Gasteiger charge is -2.13. The van der Waals surface area contributed by atoms with Gasteiger partial charge in [-0.15, -0.1) is 0 Å². The molecule has 0 unspecified atom stereocenters. The van der Waals surface area contributed by atoms with Crippen molar-refractivity contribution >= 4 is 34.4 Å². The second kappa shape index (κ2) is 9.45. The molecule has 0 amide bonds. The molecule has 0 spiro atoms. The fourth-order valence-electron chi connectivity index (χ4n) is 3.95. The Morgan fingerprint density at radius 2 is 1.53 bits per heavy atom. The van der Waals surface area contributed by atoms with Crippen LogP contribution in [0.4, 0.5) is 11.9 Å². The minimum atomic E-state index is -0.172. The molecule has 34 heavy (non-hydrogen) atoms. The zero-order valence-electron chi connectivity index (χ0n) is 18.5. The topological polar surface area (TPSA) is 83.6 Å². The van der Waals surface area contributed by atoms with E-state index in [9.17, 15) is 4.79 Å². The maximum absolute atomic E-state index is 13.0. The van der Waals surface area contributed by atoms with E-state index in [1.807, 2.05) is 79.7 Å². The molecular formula is C27H22ClN5O. The third-order valence-electron chi connectivity index (χ3n) is 5.50. The molecule has 0 atom stereocenters. The number of aromatic amines is 1. The number of halogens is 1. The monoisotopic (exact) mass is 467 g/mol. The predicted octanol–water partition coefficient (Wildman–Crippen LogP) is 6.40. The van der Waals surface area contributed by atoms with Crippen LogP contribution in [0.5, 0.6) is 0 Å². The molecule has 5 rings (SSSR count). The SMILES string of the molecule is CCCc1c(-c2ccccc2)nc(Nc2nc(-c3ccccc3)c3cc(Cl)ccc3n2)[nH]c1=O. The standard InChI is InChI=1S/C27H22ClN5O/c1-2-9-20-23(17-10-5-3-6-11-17)30-27(32-25(20)34)33-26-29-22-15-14-19(28)16-21(22)24(31-26)18-12-7-4-8-13-18/h3-8,10-16H,2,9H2,1H3,(H2,29,30,31,32,33,34). The maximum atomic E-state index is 13.0. The largest absolute Gasteiger partial charge is 0.294 e. The molecule has 3 aromatic carbocycles. The number of rotatable bonds is 6. The van der Waals surface area contributed by atoms with Crippen molar-refractivity contribution in [2.45, 2.75) is 19.8 Å². The van der Waals surface area contributed by atoms with Gasteiger partial charge >= 0.3 is 0 Å². The Balaban J connectivity index is 1.63. The van der Waals surface area contributed by atoms with Crippen molar-refractivity contribution in [3.8, 4) is 22.5 Å². The van der Waals surface area contributed by atoms with Gasteiger partial charge in [0.25, 0.3) is 5.56 Å². The Morgan fingerprint density at radius 3 is 2.21 bits per heavy atom. The summed E-state index contributed by atoms with van der Waals surface area (Å²) in [4.78, 5) is 30.0. The molecule has 7 heteroatoms. The molecule has 168 valence electrons. The number of benzene rings is 3. The van der Waals surface area contributed by atoms with Crippen LogP contribution >= 0.6 is 11.6 Å². The van der Waals surface area contributed by atoms with Crippen LogP contribution in [0.2, 0.25) is 5.02 Å². The second-order valence-electron chi connectivity index (χ2n) is 7.91. The molecule has 0 aliphatic rings. The average molecular weight is 468 g/mol. The van der Waals surface area contributed by atoms with Crippen LogP contribution < -0.4 is 10.9 Å². The summed E-state index contributed by atoms with van der Waals surface area (Å²) in [6, 6.07) is 25.1. The molecule has 2 heterocycles. The van der Waals surface area contributed by atoms with Crippen molar-refractivity contribution in [1.29, 1.82) is 0 Å². The summed E-state index contributed by atoms with van der Waals surface area (Å²) in [5, 5.41) is 4.57. The Kier molecular flexibility index (Phi) is 6.06. The number of fused-ring (bicyclic) bond motifs is 1. The number of nitrogens with zero attached hydrogens (tertiary/aromatic N) is 3. The van der Waals surface area contributed by atoms with Crippen LogP contribution in [-0.4, -0.2) is 19.9 Å². The second-order valence-corrected chi connectivity index (χ2v) is 8.34. The van der Waals surface area contributed by atoms with Gasteiger partial charge in [-0.25, -0.2) is 15.0 Å². The van der Waals surface area contributed by atoms with Crippen molar-refractivity contribution in [1.82, 2.24) is 19.9 Å². The van der Waals surface area contributed by atoms with Gasteiger partial charge in [-0.2, -0.15) is 0 Å². The minimum Gasteiger partial charge on any atom is -0.294 e. The van der Waals surface area contributed by atoms with Gasteiger partial charge in [0.15, 0.2) is 0 Å². The highest BCUT2D eigenvalue weighted by Gasteiger charge is 2.15. The number of H-pyrrole nitrogens is 1. The van der Waals surface area contributed by atoms with Gasteiger partial charge in [-0.3, -0.25) is 15.1 Å². The first kappa shape index (κ1) is 21.8. The van der Waals surface area contributed by atoms with Crippen LogP contribution in [0.25, 0.3) is 33.4 Å². The lowest BCUT2D eigenvalue weighted by atomic mass is 10.0. The molecule has 6 nitrogen and oxygen atoms in total. The lowest BCUT2D eigenvalue weighted by Crippen LogP contribution is -2.18. The van der Waals surface area contributed by atoms with Crippen molar-refractivity contribution < 1.29 is 0 Å². The van der Waals surface area contributed by atoms with E-state index in [0.717, 1.165) is 34.1 Å². The molecule has 0 saturated heterocycles. The highest BCUT2D eigenvalue weighted by Crippen LogP contribution is 2.30. The lowest BCUT2D eigenvalue weighted by molar-refractivity contribution is 0.889. The first-order chi connectivity index (χ1) is 16.6. The zero-order valence-corrected chi connectivity index (χ0v) is 19.3. The van der Waals surface area contributed by atoms with Gasteiger partial charge in [-0.05, 0) is 24.6 Å². The van der Waals surface area contributed by atoms with E-state index < -0.39 is 0 Å². The van der Waals surface area contributed by atoms with Crippen molar-refractivity contribution in [2.75, 3.05) is 5.32 Å². The molecule has 2 aromatic heterocycles. The van der Waals surface area contributed by atoms with E-state index in [1.54, 1.807) is 6.07 Å². The van der Waals surface area contributed by atoms with Gasteiger partial charge in [0.1, 0.15) is 0 Å². The summed E-state index contributed by atoms with van der Waals surface area (Å²) in [6.45, 7) is 2.04. The smallest absolute Gasteiger partial charge is 0.256 e. The third kappa shape index (κ3) is 4.40. The van der Waals surface area contributed by atoms with Gasteiger partial charge < -0.3 is 0 Å². The van der Waals surface area contributed by atoms with Crippen molar-refractivity contribution in [2.24, 2.45) is 0 Å². The average Bonchev–Trinajstić information content (AvgIpc) is 2.86. The van der Waals surface area contributed by atoms with E-state index in [-0.39, 0.29) is 11.5 Å². The third-order valence-corrected chi connectivity index (χ3v) is 5.73. The molecule has 0 aliphatic carbocycles. The van der Waals surface area contributed by atoms with Crippen LogP contribution in [0, 0.1) is 0 Å². The molecule has 2 N–H and O–H groups in total. The maximum Gasteiger partial charge on any atom is 0.256 e. The number of anilines is 2. The Hall–Kier alpha value is -4.03. The van der Waals surface area contributed by atoms with Gasteiger partial charge in [0, 0.05) is 27.1 Å². The predicted molar refractivity (Wildman–Crippen MR) is 138 cm³/mol. The summed E-state index contributed by atoms with van der Waals surface area (Å²) in [7, 11) is 0. The Morgan fingerprint density at radius 1 is 0.853 bits per heavy atom. The van der Waals surface area contributed by atoms with Gasteiger partial charge in [-0.1, -0.05) is 85.6 Å². The van der Waals surface area contributed by atoms with Gasteiger partial charge in [0.2, 0.25) is 11.9 Å². The Bertz CT molecular complexity index is 1520. The Labute approximate surface area is 201 Å². The first-order valence-electron chi connectivity index (χ1n) is 11.1. The number of aromatic nitrogens is 4. The summed E-state index contributed by atoms with van der Waals surface area (Å²) in [5.41, 5.74) is 4.44. The molecule has 5 aromatic rings. The number of hydrogen-bond donors (Lipinski definition) is 2. The normalized spacial score (nSPS) is 11.0. The van der Waals surface area contributed by atoms with E-state index >= 15 is 0 Å². The summed E-state index contributed by atoms with van der Waals surface area (Å²) in [6.07, 6.45) is 1.48. The molecule has 0 radical (unpaired) electrons. The zero-order chi connectivity index (χ0) is 23.5. The molecule has 0 bridgehead atoms. The molecule has 0 aliphatic heterocycles. The van der Waals surface area contributed by atoms with Crippen molar-refractivity contribution in [3.63, 3.8) is 0 Å².